The van der Waals surface area contributed by atoms with Crippen LogP contribution in [0.4, 0.5) is 5.69 Å². The summed E-state index contributed by atoms with van der Waals surface area (Å²) in [7, 11) is 0. The minimum absolute atomic E-state index is 0.0722. The van der Waals surface area contributed by atoms with Gasteiger partial charge in [-0.25, -0.2) is 9.97 Å². The number of amides is 1. The van der Waals surface area contributed by atoms with E-state index >= 15 is 0 Å². The van der Waals surface area contributed by atoms with Crippen LogP contribution in [-0.4, -0.2) is 29.1 Å². The lowest BCUT2D eigenvalue weighted by Crippen LogP contribution is -2.20. The number of hydrogen-bond acceptors (Lipinski definition) is 5. The lowest BCUT2D eigenvalue weighted by atomic mass is 10.3. The van der Waals surface area contributed by atoms with E-state index in [1.54, 1.807) is 12.1 Å². The van der Waals surface area contributed by atoms with Crippen molar-refractivity contribution in [3.8, 4) is 11.8 Å². The standard InChI is InChI=1S/C14H15N3O3/c1-2-19-14-15-8-11(9-16-14)17-13(18)10-20-12-6-4-3-5-7-12/h3-9H,2,10H2,1H3,(H,17,18). The fourth-order valence-electron chi connectivity index (χ4n) is 1.45. The van der Waals surface area contributed by atoms with Crippen molar-refractivity contribution >= 4 is 11.6 Å². The number of benzene rings is 1. The Morgan fingerprint density at radius 1 is 1.15 bits per heavy atom. The number of carbonyl (C=O) groups is 1. The van der Waals surface area contributed by atoms with Gasteiger partial charge < -0.3 is 14.8 Å². The highest BCUT2D eigenvalue weighted by atomic mass is 16.5. The maximum atomic E-state index is 11.7. The second-order valence-electron chi connectivity index (χ2n) is 3.84. The molecule has 0 aliphatic heterocycles. The molecule has 0 saturated carbocycles. The molecule has 1 N–H and O–H groups in total. The lowest BCUT2D eigenvalue weighted by molar-refractivity contribution is -0.118. The first-order valence-corrected chi connectivity index (χ1v) is 6.20. The normalized spacial score (nSPS) is 9.85. The fraction of sp³-hybridized carbons (Fsp3) is 0.214. The zero-order valence-electron chi connectivity index (χ0n) is 11.1. The Balaban J connectivity index is 1.82. The van der Waals surface area contributed by atoms with Crippen LogP contribution in [0.25, 0.3) is 0 Å². The van der Waals surface area contributed by atoms with Crippen molar-refractivity contribution in [1.82, 2.24) is 9.97 Å². The second kappa shape index (κ2) is 7.08. The minimum Gasteiger partial charge on any atom is -0.484 e. The Morgan fingerprint density at radius 2 is 1.85 bits per heavy atom. The predicted octanol–water partition coefficient (Wildman–Crippen LogP) is 1.89. The molecule has 6 nitrogen and oxygen atoms in total. The third-order valence-electron chi connectivity index (χ3n) is 2.30. The summed E-state index contributed by atoms with van der Waals surface area (Å²) in [5.41, 5.74) is 0.495. The molecule has 0 spiro atoms. The average Bonchev–Trinajstić information content (AvgIpc) is 2.49. The van der Waals surface area contributed by atoms with Crippen molar-refractivity contribution in [2.75, 3.05) is 18.5 Å². The van der Waals surface area contributed by atoms with Gasteiger partial charge in [0.25, 0.3) is 5.91 Å². The third kappa shape index (κ3) is 4.24. The average molecular weight is 273 g/mol. The molecule has 2 aromatic rings. The highest BCUT2D eigenvalue weighted by molar-refractivity contribution is 5.91. The molecule has 1 aromatic heterocycles. The van der Waals surface area contributed by atoms with Gasteiger partial charge in [0, 0.05) is 0 Å². The molecule has 0 radical (unpaired) electrons. The minimum atomic E-state index is -0.276. The molecule has 0 fully saturated rings. The molecular formula is C14H15N3O3. The molecule has 6 heteroatoms. The fourth-order valence-corrected chi connectivity index (χ4v) is 1.45. The van der Waals surface area contributed by atoms with Crippen molar-refractivity contribution in [3.05, 3.63) is 42.7 Å². The van der Waals surface area contributed by atoms with Crippen LogP contribution in [0.1, 0.15) is 6.92 Å². The first kappa shape index (κ1) is 13.8. The maximum absolute atomic E-state index is 11.7. The number of anilines is 1. The van der Waals surface area contributed by atoms with Crippen LogP contribution in [0, 0.1) is 0 Å². The van der Waals surface area contributed by atoms with Gasteiger partial charge in [0.15, 0.2) is 6.61 Å². The zero-order chi connectivity index (χ0) is 14.2. The Morgan fingerprint density at radius 3 is 2.50 bits per heavy atom. The van der Waals surface area contributed by atoms with Crippen LogP contribution in [0.5, 0.6) is 11.8 Å². The molecule has 104 valence electrons. The number of rotatable bonds is 6. The number of ether oxygens (including phenoxy) is 2. The van der Waals surface area contributed by atoms with Crippen LogP contribution < -0.4 is 14.8 Å². The highest BCUT2D eigenvalue weighted by Gasteiger charge is 2.05. The van der Waals surface area contributed by atoms with E-state index in [0.717, 1.165) is 0 Å². The van der Waals surface area contributed by atoms with E-state index in [0.29, 0.717) is 18.0 Å². The van der Waals surface area contributed by atoms with Gasteiger partial charge in [0.2, 0.25) is 0 Å². The first-order chi connectivity index (χ1) is 9.78. The summed E-state index contributed by atoms with van der Waals surface area (Å²) in [5.74, 6) is 0.368. The molecule has 1 amide bonds. The van der Waals surface area contributed by atoms with Crippen molar-refractivity contribution in [2.45, 2.75) is 6.92 Å². The van der Waals surface area contributed by atoms with Crippen molar-refractivity contribution in [3.63, 3.8) is 0 Å². The van der Waals surface area contributed by atoms with Gasteiger partial charge in [0.1, 0.15) is 5.75 Å². The van der Waals surface area contributed by atoms with Crippen LogP contribution in [0.2, 0.25) is 0 Å². The van der Waals surface area contributed by atoms with E-state index in [9.17, 15) is 4.79 Å². The van der Waals surface area contributed by atoms with E-state index < -0.39 is 0 Å². The molecule has 0 unspecified atom stereocenters. The summed E-state index contributed by atoms with van der Waals surface area (Å²) in [6.45, 7) is 2.27. The number of para-hydroxylation sites is 1. The number of aromatic nitrogens is 2. The summed E-state index contributed by atoms with van der Waals surface area (Å²) in [6, 6.07) is 9.41. The first-order valence-electron chi connectivity index (χ1n) is 6.20. The van der Waals surface area contributed by atoms with Crippen LogP contribution >= 0.6 is 0 Å². The molecule has 0 bridgehead atoms. The van der Waals surface area contributed by atoms with Crippen LogP contribution in [-0.2, 0) is 4.79 Å². The van der Waals surface area contributed by atoms with Gasteiger partial charge in [-0.2, -0.15) is 0 Å². The van der Waals surface area contributed by atoms with E-state index in [-0.39, 0.29) is 18.5 Å². The second-order valence-corrected chi connectivity index (χ2v) is 3.84. The van der Waals surface area contributed by atoms with Gasteiger partial charge in [-0.05, 0) is 19.1 Å². The molecule has 0 aliphatic carbocycles. The molecule has 20 heavy (non-hydrogen) atoms. The highest BCUT2D eigenvalue weighted by Crippen LogP contribution is 2.09. The molecule has 0 atom stereocenters. The summed E-state index contributed by atoms with van der Waals surface area (Å²) in [4.78, 5) is 19.6. The Labute approximate surface area is 116 Å². The maximum Gasteiger partial charge on any atom is 0.316 e. The van der Waals surface area contributed by atoms with Gasteiger partial charge in [-0.15, -0.1) is 0 Å². The summed E-state index contributed by atoms with van der Waals surface area (Å²) < 4.78 is 10.4. The summed E-state index contributed by atoms with van der Waals surface area (Å²) >= 11 is 0. The monoisotopic (exact) mass is 273 g/mol. The zero-order valence-corrected chi connectivity index (χ0v) is 11.1. The number of nitrogens with zero attached hydrogens (tertiary/aromatic N) is 2. The molecule has 1 aromatic carbocycles. The Kier molecular flexibility index (Phi) is 4.88. The molecule has 0 aliphatic rings. The number of carbonyl (C=O) groups excluding carboxylic acids is 1. The topological polar surface area (TPSA) is 73.3 Å². The molecule has 2 rings (SSSR count). The van der Waals surface area contributed by atoms with Crippen molar-refractivity contribution in [2.24, 2.45) is 0 Å². The van der Waals surface area contributed by atoms with Crippen molar-refractivity contribution < 1.29 is 14.3 Å². The molecular weight excluding hydrogens is 258 g/mol. The van der Waals surface area contributed by atoms with Crippen LogP contribution in [0.3, 0.4) is 0 Å². The smallest absolute Gasteiger partial charge is 0.316 e. The third-order valence-corrected chi connectivity index (χ3v) is 2.30. The Hall–Kier alpha value is -2.63. The van der Waals surface area contributed by atoms with E-state index in [1.165, 1.54) is 12.4 Å². The predicted molar refractivity (Wildman–Crippen MR) is 73.8 cm³/mol. The SMILES string of the molecule is CCOc1ncc(NC(=O)COc2ccccc2)cn1. The largest absolute Gasteiger partial charge is 0.484 e. The van der Waals surface area contributed by atoms with E-state index in [4.69, 9.17) is 9.47 Å². The van der Waals surface area contributed by atoms with Crippen molar-refractivity contribution in [1.29, 1.82) is 0 Å². The van der Waals surface area contributed by atoms with Gasteiger partial charge >= 0.3 is 6.01 Å². The lowest BCUT2D eigenvalue weighted by Gasteiger charge is -2.07. The summed E-state index contributed by atoms with van der Waals surface area (Å²) in [6.07, 6.45) is 2.97. The summed E-state index contributed by atoms with van der Waals surface area (Å²) in [5, 5.41) is 2.64. The molecule has 1 heterocycles. The Bertz CT molecular complexity index is 543. The van der Waals surface area contributed by atoms with Crippen LogP contribution in [0.15, 0.2) is 42.7 Å². The van der Waals surface area contributed by atoms with Gasteiger partial charge in [0.05, 0.1) is 24.7 Å². The number of hydrogen-bond donors (Lipinski definition) is 1. The van der Waals surface area contributed by atoms with E-state index in [1.807, 2.05) is 25.1 Å². The van der Waals surface area contributed by atoms with E-state index in [2.05, 4.69) is 15.3 Å². The number of nitrogens with one attached hydrogen (secondary N) is 1. The quantitative estimate of drug-likeness (QED) is 0.870. The molecule has 0 saturated heterocycles. The van der Waals surface area contributed by atoms with Gasteiger partial charge in [-0.1, -0.05) is 18.2 Å². The van der Waals surface area contributed by atoms with Gasteiger partial charge in [-0.3, -0.25) is 4.79 Å².